The van der Waals surface area contributed by atoms with Crippen LogP contribution < -0.4 is 4.90 Å². The van der Waals surface area contributed by atoms with E-state index in [-0.39, 0.29) is 40.8 Å². The average molecular weight is 682 g/mol. The van der Waals surface area contributed by atoms with Crippen LogP contribution in [0.5, 0.6) is 0 Å². The van der Waals surface area contributed by atoms with Crippen LogP contribution >= 0.6 is 0 Å². The van der Waals surface area contributed by atoms with E-state index in [1.807, 2.05) is 35.2 Å². The van der Waals surface area contributed by atoms with Crippen molar-refractivity contribution in [2.24, 2.45) is 0 Å². The maximum Gasteiger partial charge on any atom is 0.0714 e. The van der Waals surface area contributed by atoms with Crippen LogP contribution in [-0.2, 0) is 10.8 Å². The van der Waals surface area contributed by atoms with Crippen molar-refractivity contribution < 1.29 is 5.48 Å². The molecule has 0 amide bonds. The second-order valence-electron chi connectivity index (χ2n) is 14.6. The normalized spacial score (nSPS) is 15.2. The Bertz CT molecular complexity index is 2800. The van der Waals surface area contributed by atoms with Crippen molar-refractivity contribution in [3.63, 3.8) is 0 Å². The Hall–Kier alpha value is -6.44. The number of rotatable bonds is 6. The first-order chi connectivity index (χ1) is 27.7. The fraction of sp³-hybridized carbons (Fsp3) is 0.0769. The standard InChI is InChI=1S/C52H39N/c1-51(2)47-24-14-12-22-43(47)45-32-30-41(34-49(45)51)53(40-28-26-37(27-29-40)36-16-6-3-7-17-36)42-31-33-46-44-23-13-15-25-48(44)52(50(46)35-42,38-18-8-4-9-19-38)39-20-10-5-11-21-39/h3-35H,1-2H3/i26D,27D,28D,29D. The second-order valence-corrected chi connectivity index (χ2v) is 14.6. The summed E-state index contributed by atoms with van der Waals surface area (Å²) in [7, 11) is 0. The van der Waals surface area contributed by atoms with E-state index in [9.17, 15) is 5.48 Å². The number of anilines is 3. The predicted octanol–water partition coefficient (Wildman–Crippen LogP) is 13.5. The van der Waals surface area contributed by atoms with Crippen LogP contribution in [0, 0.1) is 0 Å². The van der Waals surface area contributed by atoms with Crippen LogP contribution in [-0.4, -0.2) is 0 Å². The van der Waals surface area contributed by atoms with Crippen LogP contribution in [0.4, 0.5) is 17.1 Å². The molecule has 1 nitrogen and oxygen atoms in total. The third-order valence-corrected chi connectivity index (χ3v) is 11.4. The molecule has 2 aliphatic carbocycles. The molecule has 8 aromatic rings. The number of fused-ring (bicyclic) bond motifs is 6. The number of hydrogen-bond acceptors (Lipinski definition) is 1. The van der Waals surface area contributed by atoms with Crippen molar-refractivity contribution in [1.29, 1.82) is 0 Å². The molecule has 0 spiro atoms. The maximum atomic E-state index is 9.66. The SMILES string of the molecule is [2H]c1c([2H])c(N(c2ccc3c(c2)C(C)(C)c2ccccc2-3)c2ccc3c(c2)C(c2ccccc2)(c2ccccc2)c2ccccc2-3)c([2H])c([2H])c1-c1ccccc1. The lowest BCUT2D eigenvalue weighted by atomic mass is 9.67. The topological polar surface area (TPSA) is 3.24 Å². The highest BCUT2D eigenvalue weighted by atomic mass is 15.1. The summed E-state index contributed by atoms with van der Waals surface area (Å²) < 4.78 is 38.1. The molecule has 0 radical (unpaired) electrons. The zero-order chi connectivity index (χ0) is 39.1. The maximum absolute atomic E-state index is 9.66. The summed E-state index contributed by atoms with van der Waals surface area (Å²) in [4.78, 5) is 1.96. The van der Waals surface area contributed by atoms with Gasteiger partial charge in [0.1, 0.15) is 0 Å². The van der Waals surface area contributed by atoms with E-state index in [0.717, 1.165) is 50.3 Å². The zero-order valence-electron chi connectivity index (χ0n) is 33.7. The Morgan fingerprint density at radius 1 is 0.377 bits per heavy atom. The molecule has 0 atom stereocenters. The van der Waals surface area contributed by atoms with Crippen molar-refractivity contribution in [1.82, 2.24) is 0 Å². The molecule has 0 aliphatic heterocycles. The smallest absolute Gasteiger partial charge is 0.0714 e. The van der Waals surface area contributed by atoms with Crippen molar-refractivity contribution in [3.05, 3.63) is 233 Å². The quantitative estimate of drug-likeness (QED) is 0.169. The summed E-state index contributed by atoms with van der Waals surface area (Å²) in [6, 6.07) is 60.3. The monoisotopic (exact) mass is 681 g/mol. The Balaban J connectivity index is 1.28. The third kappa shape index (κ3) is 4.70. The van der Waals surface area contributed by atoms with Gasteiger partial charge in [0.25, 0.3) is 0 Å². The molecule has 2 aliphatic rings. The van der Waals surface area contributed by atoms with Gasteiger partial charge >= 0.3 is 0 Å². The minimum absolute atomic E-state index is 0.0763. The number of hydrogen-bond donors (Lipinski definition) is 0. The summed E-state index contributed by atoms with van der Waals surface area (Å²) in [6.07, 6.45) is 0. The van der Waals surface area contributed by atoms with Gasteiger partial charge in [-0.25, -0.2) is 0 Å². The summed E-state index contributed by atoms with van der Waals surface area (Å²) in [5.74, 6) is 0. The van der Waals surface area contributed by atoms with Crippen molar-refractivity contribution >= 4 is 17.1 Å². The molecule has 252 valence electrons. The lowest BCUT2D eigenvalue weighted by Gasteiger charge is -2.35. The molecule has 0 aromatic heterocycles. The molecule has 0 unspecified atom stereocenters. The second kappa shape index (κ2) is 12.1. The average Bonchev–Trinajstić information content (AvgIpc) is 3.68. The molecular formula is C52H39N. The van der Waals surface area contributed by atoms with Gasteiger partial charge in [-0.3, -0.25) is 0 Å². The molecule has 0 bridgehead atoms. The van der Waals surface area contributed by atoms with Gasteiger partial charge in [-0.1, -0.05) is 178 Å². The first-order valence-electron chi connectivity index (χ1n) is 20.3. The van der Waals surface area contributed by atoms with E-state index in [2.05, 4.69) is 159 Å². The minimum atomic E-state index is -0.663. The largest absolute Gasteiger partial charge is 0.310 e. The van der Waals surface area contributed by atoms with Crippen LogP contribution in [0.15, 0.2) is 200 Å². The van der Waals surface area contributed by atoms with Gasteiger partial charge in [0, 0.05) is 22.5 Å². The highest BCUT2D eigenvalue weighted by Crippen LogP contribution is 2.57. The van der Waals surface area contributed by atoms with Crippen molar-refractivity contribution in [2.45, 2.75) is 24.7 Å². The number of nitrogens with zero attached hydrogens (tertiary/aromatic N) is 1. The molecule has 8 aromatic carbocycles. The van der Waals surface area contributed by atoms with E-state index in [0.29, 0.717) is 5.56 Å². The molecule has 0 saturated carbocycles. The van der Waals surface area contributed by atoms with Gasteiger partial charge in [-0.05, 0) is 103 Å². The van der Waals surface area contributed by atoms with Gasteiger partial charge in [0.15, 0.2) is 0 Å². The van der Waals surface area contributed by atoms with E-state index < -0.39 is 5.41 Å². The highest BCUT2D eigenvalue weighted by molar-refractivity contribution is 5.91. The fourth-order valence-corrected chi connectivity index (χ4v) is 8.98. The van der Waals surface area contributed by atoms with Gasteiger partial charge in [0.05, 0.1) is 10.9 Å². The molecule has 0 heterocycles. The van der Waals surface area contributed by atoms with E-state index in [4.69, 9.17) is 0 Å². The Morgan fingerprint density at radius 3 is 1.43 bits per heavy atom. The third-order valence-electron chi connectivity index (χ3n) is 11.4. The molecule has 0 fully saturated rings. The van der Waals surface area contributed by atoms with Crippen LogP contribution in [0.2, 0.25) is 0 Å². The summed E-state index contributed by atoms with van der Waals surface area (Å²) in [5, 5.41) is 0. The zero-order valence-corrected chi connectivity index (χ0v) is 29.7. The Morgan fingerprint density at radius 2 is 0.830 bits per heavy atom. The van der Waals surface area contributed by atoms with Crippen molar-refractivity contribution in [2.75, 3.05) is 4.90 Å². The Kier molecular flexibility index (Phi) is 6.21. The lowest BCUT2D eigenvalue weighted by Crippen LogP contribution is -2.28. The van der Waals surface area contributed by atoms with Crippen molar-refractivity contribution in [3.8, 4) is 33.4 Å². The predicted molar refractivity (Wildman–Crippen MR) is 221 cm³/mol. The number of benzene rings is 8. The summed E-state index contributed by atoms with van der Waals surface area (Å²) >= 11 is 0. The van der Waals surface area contributed by atoms with E-state index >= 15 is 0 Å². The Labute approximate surface area is 318 Å². The van der Waals surface area contributed by atoms with Crippen LogP contribution in [0.3, 0.4) is 0 Å². The minimum Gasteiger partial charge on any atom is -0.310 e. The van der Waals surface area contributed by atoms with E-state index in [1.54, 1.807) is 0 Å². The molecular weight excluding hydrogens is 639 g/mol. The summed E-state index contributed by atoms with van der Waals surface area (Å²) in [5.41, 5.74) is 13.3. The molecule has 10 rings (SSSR count). The van der Waals surface area contributed by atoms with Gasteiger partial charge in [-0.15, -0.1) is 0 Å². The molecule has 1 heteroatoms. The molecule has 0 saturated heterocycles. The van der Waals surface area contributed by atoms with Gasteiger partial charge in [0.2, 0.25) is 0 Å². The highest BCUT2D eigenvalue weighted by Gasteiger charge is 2.46. The summed E-state index contributed by atoms with van der Waals surface area (Å²) in [6.45, 7) is 4.49. The van der Waals surface area contributed by atoms with Crippen LogP contribution in [0.1, 0.15) is 52.7 Å². The fourth-order valence-electron chi connectivity index (χ4n) is 8.98. The first-order valence-corrected chi connectivity index (χ1v) is 18.3. The lowest BCUT2D eigenvalue weighted by molar-refractivity contribution is 0.660. The molecule has 53 heavy (non-hydrogen) atoms. The first kappa shape index (κ1) is 27.2. The molecule has 0 N–H and O–H groups in total. The van der Waals surface area contributed by atoms with Gasteiger partial charge < -0.3 is 4.90 Å². The van der Waals surface area contributed by atoms with Crippen LogP contribution in [0.25, 0.3) is 33.4 Å². The van der Waals surface area contributed by atoms with E-state index in [1.165, 1.54) is 16.7 Å². The van der Waals surface area contributed by atoms with Gasteiger partial charge in [-0.2, -0.15) is 0 Å².